The Labute approximate surface area is 139 Å². The first-order valence-electron chi connectivity index (χ1n) is 8.29. The Morgan fingerprint density at radius 2 is 1.35 bits per heavy atom. The number of anilines is 1. The van der Waals surface area contributed by atoms with Gasteiger partial charge in [0, 0.05) is 29.4 Å². The average Bonchev–Trinajstić information content (AvgIpc) is 2.59. The van der Waals surface area contributed by atoms with Crippen molar-refractivity contribution in [2.45, 2.75) is 40.3 Å². The Balaban J connectivity index is 0.000000924. The van der Waals surface area contributed by atoms with Crippen molar-refractivity contribution >= 4 is 17.1 Å². The van der Waals surface area contributed by atoms with E-state index in [1.54, 1.807) is 0 Å². The van der Waals surface area contributed by atoms with E-state index < -0.39 is 0 Å². The predicted molar refractivity (Wildman–Crippen MR) is 101 cm³/mol. The van der Waals surface area contributed by atoms with Crippen molar-refractivity contribution in [3.05, 3.63) is 65.2 Å². The van der Waals surface area contributed by atoms with Crippen LogP contribution in [0.5, 0.6) is 0 Å². The molecule has 3 rings (SSSR count). The summed E-state index contributed by atoms with van der Waals surface area (Å²) in [7, 11) is 0. The zero-order chi connectivity index (χ0) is 17.0. The molecule has 3 heteroatoms. The monoisotopic (exact) mass is 309 g/mol. The largest absolute Gasteiger partial charge is 0.397 e. The second-order valence-corrected chi connectivity index (χ2v) is 5.72. The predicted octanol–water partition coefficient (Wildman–Crippen LogP) is 4.18. The van der Waals surface area contributed by atoms with Crippen LogP contribution in [-0.2, 0) is 6.54 Å². The average molecular weight is 309 g/mol. The van der Waals surface area contributed by atoms with Gasteiger partial charge in [-0.1, -0.05) is 56.3 Å². The van der Waals surface area contributed by atoms with Crippen LogP contribution < -0.4 is 16.4 Å². The van der Waals surface area contributed by atoms with Crippen LogP contribution in [0.1, 0.15) is 44.4 Å². The van der Waals surface area contributed by atoms with E-state index >= 15 is 0 Å². The molecule has 0 atom stereocenters. The zero-order valence-electron chi connectivity index (χ0n) is 14.5. The second kappa shape index (κ2) is 7.23. The number of benzene rings is 2. The number of fused-ring (bicyclic) bond motifs is 2. The van der Waals surface area contributed by atoms with Gasteiger partial charge < -0.3 is 16.4 Å². The van der Waals surface area contributed by atoms with Gasteiger partial charge in [-0.25, -0.2) is 0 Å². The Bertz CT molecular complexity index is 702. The molecular formula is C20H27N3. The van der Waals surface area contributed by atoms with Gasteiger partial charge in [0.2, 0.25) is 0 Å². The van der Waals surface area contributed by atoms with Gasteiger partial charge in [0.25, 0.3) is 0 Å². The first-order chi connectivity index (χ1) is 11.1. The maximum Gasteiger partial charge on any atom is 0.0648 e. The first kappa shape index (κ1) is 16.9. The normalized spacial score (nSPS) is 16.7. The number of nitrogens with zero attached hydrogens (tertiary/aromatic N) is 1. The van der Waals surface area contributed by atoms with Crippen LogP contribution in [0.4, 0.5) is 5.69 Å². The van der Waals surface area contributed by atoms with Crippen molar-refractivity contribution < 1.29 is 0 Å². The molecule has 1 aliphatic rings. The summed E-state index contributed by atoms with van der Waals surface area (Å²) in [5.41, 5.74) is 18.4. The van der Waals surface area contributed by atoms with Crippen LogP contribution in [0.2, 0.25) is 0 Å². The molecule has 2 aromatic carbocycles. The van der Waals surface area contributed by atoms with E-state index in [0.717, 1.165) is 23.4 Å². The van der Waals surface area contributed by atoms with Crippen LogP contribution in [0.15, 0.2) is 48.5 Å². The molecule has 122 valence electrons. The van der Waals surface area contributed by atoms with Crippen LogP contribution in [0, 0.1) is 0 Å². The molecule has 0 saturated carbocycles. The third-order valence-electron chi connectivity index (χ3n) is 4.07. The highest BCUT2D eigenvalue weighted by molar-refractivity contribution is 5.93. The van der Waals surface area contributed by atoms with E-state index in [2.05, 4.69) is 30.9 Å². The van der Waals surface area contributed by atoms with Gasteiger partial charge in [-0.2, -0.15) is 0 Å². The number of rotatable bonds is 1. The molecule has 0 aliphatic carbocycles. The molecule has 0 saturated heterocycles. The minimum atomic E-state index is 0.381. The molecular weight excluding hydrogens is 282 g/mol. The van der Waals surface area contributed by atoms with E-state index in [4.69, 9.17) is 11.5 Å². The zero-order valence-corrected chi connectivity index (χ0v) is 14.5. The molecule has 23 heavy (non-hydrogen) atoms. The summed E-state index contributed by atoms with van der Waals surface area (Å²) in [5, 5.41) is 0. The smallest absolute Gasteiger partial charge is 0.0648 e. The van der Waals surface area contributed by atoms with Gasteiger partial charge in [0.1, 0.15) is 0 Å². The lowest BCUT2D eigenvalue weighted by molar-refractivity contribution is 0.680. The maximum absolute atomic E-state index is 6.36. The molecule has 2 aromatic rings. The molecule has 0 amide bonds. The van der Waals surface area contributed by atoms with E-state index in [0.29, 0.717) is 17.4 Å². The molecule has 0 unspecified atom stereocenters. The highest BCUT2D eigenvalue weighted by Gasteiger charge is 2.22. The van der Waals surface area contributed by atoms with Crippen molar-refractivity contribution in [1.29, 1.82) is 0 Å². The van der Waals surface area contributed by atoms with Gasteiger partial charge in [0.15, 0.2) is 0 Å². The lowest BCUT2D eigenvalue weighted by Gasteiger charge is -2.33. The van der Waals surface area contributed by atoms with Crippen molar-refractivity contribution in [1.82, 2.24) is 0 Å². The van der Waals surface area contributed by atoms with E-state index in [1.807, 2.05) is 50.2 Å². The Morgan fingerprint density at radius 3 is 2.00 bits per heavy atom. The quantitative estimate of drug-likeness (QED) is 0.830. The molecule has 0 spiro atoms. The number of hydrogen-bond acceptors (Lipinski definition) is 3. The SMILES string of the molecule is CC.CC(C)N1Cc2ccccc2/C(N)=C(/N)c2ccccc21. The van der Waals surface area contributed by atoms with E-state index in [-0.39, 0.29) is 0 Å². The number of para-hydroxylation sites is 1. The number of hydrogen-bond donors (Lipinski definition) is 2. The summed E-state index contributed by atoms with van der Waals surface area (Å²) >= 11 is 0. The van der Waals surface area contributed by atoms with Crippen molar-refractivity contribution in [2.75, 3.05) is 4.90 Å². The number of nitrogens with two attached hydrogens (primary N) is 2. The highest BCUT2D eigenvalue weighted by Crippen LogP contribution is 2.34. The Morgan fingerprint density at radius 1 is 0.826 bits per heavy atom. The first-order valence-corrected chi connectivity index (χ1v) is 8.29. The van der Waals surface area contributed by atoms with Crippen molar-refractivity contribution in [3.63, 3.8) is 0 Å². The molecule has 3 nitrogen and oxygen atoms in total. The highest BCUT2D eigenvalue weighted by atomic mass is 15.2. The second-order valence-electron chi connectivity index (χ2n) is 5.72. The maximum atomic E-state index is 6.36. The molecule has 0 radical (unpaired) electrons. The molecule has 4 N–H and O–H groups in total. The van der Waals surface area contributed by atoms with Crippen molar-refractivity contribution in [3.8, 4) is 0 Å². The topological polar surface area (TPSA) is 55.3 Å². The van der Waals surface area contributed by atoms with Crippen LogP contribution >= 0.6 is 0 Å². The van der Waals surface area contributed by atoms with E-state index in [9.17, 15) is 0 Å². The van der Waals surface area contributed by atoms with Crippen molar-refractivity contribution in [2.24, 2.45) is 11.5 Å². The van der Waals surface area contributed by atoms with Gasteiger partial charge in [-0.05, 0) is 25.5 Å². The van der Waals surface area contributed by atoms with Crippen LogP contribution in [-0.4, -0.2) is 6.04 Å². The van der Waals surface area contributed by atoms with E-state index in [1.165, 1.54) is 5.56 Å². The molecule has 0 aromatic heterocycles. The molecule has 1 aliphatic heterocycles. The fourth-order valence-electron chi connectivity index (χ4n) is 2.89. The standard InChI is InChI=1S/C18H21N3.C2H6/c1-12(2)21-11-13-7-3-4-8-14(13)17(19)18(20)15-9-5-6-10-16(15)21;1-2/h3-10,12H,11,19-20H2,1-2H3;1-2H3/b18-17-;. The fraction of sp³-hybridized carbons (Fsp3) is 0.300. The summed E-state index contributed by atoms with van der Waals surface area (Å²) in [6.45, 7) is 9.23. The Kier molecular flexibility index (Phi) is 5.32. The fourth-order valence-corrected chi connectivity index (χ4v) is 2.89. The molecule has 1 heterocycles. The van der Waals surface area contributed by atoms with Gasteiger partial charge in [-0.3, -0.25) is 0 Å². The van der Waals surface area contributed by atoms with Crippen LogP contribution in [0.25, 0.3) is 11.4 Å². The molecule has 0 fully saturated rings. The summed E-state index contributed by atoms with van der Waals surface area (Å²) in [6, 6.07) is 16.8. The summed E-state index contributed by atoms with van der Waals surface area (Å²) in [4.78, 5) is 2.37. The van der Waals surface area contributed by atoms with Gasteiger partial charge in [0.05, 0.1) is 11.4 Å². The van der Waals surface area contributed by atoms with Crippen LogP contribution in [0.3, 0.4) is 0 Å². The van der Waals surface area contributed by atoms with Gasteiger partial charge in [-0.15, -0.1) is 0 Å². The summed E-state index contributed by atoms with van der Waals surface area (Å²) < 4.78 is 0. The lowest BCUT2D eigenvalue weighted by atomic mass is 9.96. The van der Waals surface area contributed by atoms with Gasteiger partial charge >= 0.3 is 0 Å². The minimum Gasteiger partial charge on any atom is -0.397 e. The third kappa shape index (κ3) is 3.19. The Hall–Kier alpha value is -2.42. The minimum absolute atomic E-state index is 0.381. The summed E-state index contributed by atoms with van der Waals surface area (Å²) in [6.07, 6.45) is 0. The lowest BCUT2D eigenvalue weighted by Crippen LogP contribution is -2.33. The molecule has 0 bridgehead atoms. The third-order valence-corrected chi connectivity index (χ3v) is 4.07. The summed E-state index contributed by atoms with van der Waals surface area (Å²) in [5.74, 6) is 0.